The maximum atomic E-state index is 10.7. The average Bonchev–Trinajstić information content (AvgIpc) is 1.87. The van der Waals surface area contributed by atoms with Crippen LogP contribution in [0, 0.1) is 5.41 Å². The Hall–Kier alpha value is -0.970. The molecule has 0 bridgehead atoms. The van der Waals surface area contributed by atoms with Gasteiger partial charge in [0.1, 0.15) is 6.54 Å². The van der Waals surface area contributed by atoms with Crippen LogP contribution in [0.4, 0.5) is 0 Å². The lowest BCUT2D eigenvalue weighted by Gasteiger charge is -2.14. The van der Waals surface area contributed by atoms with E-state index < -0.39 is 0 Å². The van der Waals surface area contributed by atoms with E-state index in [1.165, 1.54) is 4.90 Å². The maximum Gasteiger partial charge on any atom is 0.325 e. The molecule has 5 nitrogen and oxygen atoms in total. The van der Waals surface area contributed by atoms with Crippen molar-refractivity contribution >= 4 is 24.3 Å². The molecule has 6 heteroatoms. The van der Waals surface area contributed by atoms with E-state index in [1.807, 2.05) is 0 Å². The van der Waals surface area contributed by atoms with Crippen LogP contribution in [0.5, 0.6) is 0 Å². The summed E-state index contributed by atoms with van der Waals surface area (Å²) in [6.07, 6.45) is 0. The molecule has 0 saturated carbocycles. The van der Waals surface area contributed by atoms with Crippen molar-refractivity contribution in [3.8, 4) is 0 Å². The maximum absolute atomic E-state index is 10.7. The minimum Gasteiger partial charge on any atom is -0.465 e. The van der Waals surface area contributed by atoms with E-state index in [1.54, 1.807) is 14.0 Å². The van der Waals surface area contributed by atoms with E-state index in [0.717, 1.165) is 0 Å². The molecular formula is C6H14ClN3O2. The highest BCUT2D eigenvalue weighted by Crippen LogP contribution is 1.83. The number of ether oxygens (including phenoxy) is 1. The molecule has 0 amide bonds. The van der Waals surface area contributed by atoms with Gasteiger partial charge in [-0.15, -0.1) is 12.4 Å². The van der Waals surface area contributed by atoms with Crippen LogP contribution < -0.4 is 5.73 Å². The summed E-state index contributed by atoms with van der Waals surface area (Å²) in [5.74, 6) is -0.511. The lowest BCUT2D eigenvalue weighted by Crippen LogP contribution is -2.37. The Bertz CT molecular complexity index is 163. The van der Waals surface area contributed by atoms with Crippen molar-refractivity contribution in [1.29, 1.82) is 5.41 Å². The number of likely N-dealkylation sites (N-methyl/N-ethyl adjacent to an activating group) is 1. The molecule has 0 atom stereocenters. The van der Waals surface area contributed by atoms with Gasteiger partial charge in [0.15, 0.2) is 5.96 Å². The Morgan fingerprint density at radius 2 is 2.17 bits per heavy atom. The third kappa shape index (κ3) is 5.79. The normalized spacial score (nSPS) is 8.17. The summed E-state index contributed by atoms with van der Waals surface area (Å²) in [7, 11) is 1.55. The van der Waals surface area contributed by atoms with Crippen molar-refractivity contribution in [3.63, 3.8) is 0 Å². The van der Waals surface area contributed by atoms with Gasteiger partial charge in [0, 0.05) is 7.05 Å². The van der Waals surface area contributed by atoms with Crippen molar-refractivity contribution in [3.05, 3.63) is 0 Å². The van der Waals surface area contributed by atoms with E-state index in [9.17, 15) is 4.79 Å². The molecule has 0 aromatic carbocycles. The number of hydrogen-bond donors (Lipinski definition) is 2. The number of carbonyl (C=O) groups is 1. The van der Waals surface area contributed by atoms with Crippen LogP contribution in [-0.4, -0.2) is 37.0 Å². The van der Waals surface area contributed by atoms with Crippen molar-refractivity contribution in [2.45, 2.75) is 6.92 Å². The van der Waals surface area contributed by atoms with Gasteiger partial charge in [0.2, 0.25) is 0 Å². The lowest BCUT2D eigenvalue weighted by molar-refractivity contribution is -0.143. The van der Waals surface area contributed by atoms with Gasteiger partial charge in [-0.1, -0.05) is 0 Å². The number of rotatable bonds is 3. The van der Waals surface area contributed by atoms with Gasteiger partial charge in [0.05, 0.1) is 6.61 Å². The molecule has 12 heavy (non-hydrogen) atoms. The molecule has 0 fully saturated rings. The summed E-state index contributed by atoms with van der Waals surface area (Å²) in [4.78, 5) is 12.0. The topological polar surface area (TPSA) is 79.4 Å². The summed E-state index contributed by atoms with van der Waals surface area (Å²) in [5.41, 5.74) is 5.08. The van der Waals surface area contributed by atoms with Gasteiger partial charge in [-0.3, -0.25) is 10.2 Å². The van der Waals surface area contributed by atoms with Crippen LogP contribution in [0.2, 0.25) is 0 Å². The van der Waals surface area contributed by atoms with Gasteiger partial charge in [0.25, 0.3) is 0 Å². The number of esters is 1. The average molecular weight is 196 g/mol. The van der Waals surface area contributed by atoms with Gasteiger partial charge in [-0.05, 0) is 6.92 Å². The van der Waals surface area contributed by atoms with Crippen LogP contribution in [0.25, 0.3) is 0 Å². The molecule has 0 rings (SSSR count). The molecule has 3 N–H and O–H groups in total. The first kappa shape index (κ1) is 13.6. The molecule has 0 aromatic heterocycles. The summed E-state index contributed by atoms with van der Waals surface area (Å²) in [5, 5.41) is 6.92. The molecular weight excluding hydrogens is 182 g/mol. The second-order valence-corrected chi connectivity index (χ2v) is 2.05. The Labute approximate surface area is 77.8 Å². The molecule has 0 aromatic rings. The number of carbonyl (C=O) groups excluding carboxylic acids is 1. The first-order valence-corrected chi connectivity index (χ1v) is 3.28. The Morgan fingerprint density at radius 3 is 2.50 bits per heavy atom. The Morgan fingerprint density at radius 1 is 1.67 bits per heavy atom. The quantitative estimate of drug-likeness (QED) is 0.371. The van der Waals surface area contributed by atoms with Crippen LogP contribution >= 0.6 is 12.4 Å². The number of nitrogens with one attached hydrogen (secondary N) is 1. The fourth-order valence-electron chi connectivity index (χ4n) is 0.485. The molecule has 0 heterocycles. The van der Waals surface area contributed by atoms with Gasteiger partial charge in [-0.2, -0.15) is 0 Å². The molecule has 0 aliphatic carbocycles. The minimum absolute atomic E-state index is 0. The van der Waals surface area contributed by atoms with Crippen LogP contribution in [-0.2, 0) is 9.53 Å². The van der Waals surface area contributed by atoms with Crippen LogP contribution in [0.15, 0.2) is 0 Å². The zero-order valence-electron chi connectivity index (χ0n) is 7.16. The molecule has 0 spiro atoms. The molecule has 0 radical (unpaired) electrons. The summed E-state index contributed by atoms with van der Waals surface area (Å²) in [6, 6.07) is 0. The Balaban J connectivity index is 0. The van der Waals surface area contributed by atoms with E-state index in [0.29, 0.717) is 6.61 Å². The highest BCUT2D eigenvalue weighted by molar-refractivity contribution is 5.85. The molecule has 72 valence electrons. The van der Waals surface area contributed by atoms with Gasteiger partial charge >= 0.3 is 5.97 Å². The first-order chi connectivity index (χ1) is 5.07. The lowest BCUT2D eigenvalue weighted by atomic mass is 10.6. The molecule has 0 saturated heterocycles. The Kier molecular flexibility index (Phi) is 7.62. The number of hydrogen-bond acceptors (Lipinski definition) is 3. The van der Waals surface area contributed by atoms with E-state index in [2.05, 4.69) is 4.74 Å². The smallest absolute Gasteiger partial charge is 0.325 e. The first-order valence-electron chi connectivity index (χ1n) is 3.28. The second kappa shape index (κ2) is 6.72. The van der Waals surface area contributed by atoms with E-state index in [-0.39, 0.29) is 30.9 Å². The number of halogens is 1. The molecule has 0 aliphatic heterocycles. The predicted octanol–water partition coefficient (Wildman–Crippen LogP) is -0.203. The number of nitrogens with two attached hydrogens (primary N) is 1. The SMILES string of the molecule is CCOC(=O)CN(C)C(=N)N.Cl. The predicted molar refractivity (Wildman–Crippen MR) is 48.4 cm³/mol. The number of nitrogens with zero attached hydrogens (tertiary/aromatic N) is 1. The molecule has 0 aliphatic rings. The third-order valence-electron chi connectivity index (χ3n) is 1.08. The zero-order valence-corrected chi connectivity index (χ0v) is 7.98. The highest BCUT2D eigenvalue weighted by Gasteiger charge is 2.06. The van der Waals surface area contributed by atoms with Crippen LogP contribution in [0.3, 0.4) is 0 Å². The number of guanidine groups is 1. The second-order valence-electron chi connectivity index (χ2n) is 2.05. The zero-order chi connectivity index (χ0) is 8.85. The van der Waals surface area contributed by atoms with Gasteiger partial charge in [-0.25, -0.2) is 0 Å². The van der Waals surface area contributed by atoms with E-state index >= 15 is 0 Å². The minimum atomic E-state index is -0.370. The summed E-state index contributed by atoms with van der Waals surface area (Å²) in [6.45, 7) is 2.11. The van der Waals surface area contributed by atoms with Crippen molar-refractivity contribution in [2.75, 3.05) is 20.2 Å². The third-order valence-corrected chi connectivity index (χ3v) is 1.08. The largest absolute Gasteiger partial charge is 0.465 e. The summed E-state index contributed by atoms with van der Waals surface area (Å²) < 4.78 is 4.63. The summed E-state index contributed by atoms with van der Waals surface area (Å²) >= 11 is 0. The standard InChI is InChI=1S/C6H13N3O2.ClH/c1-3-11-5(10)4-9(2)6(7)8;/h3-4H2,1-2H3,(H3,7,8);1H. The van der Waals surface area contributed by atoms with Gasteiger partial charge < -0.3 is 15.4 Å². The van der Waals surface area contributed by atoms with Crippen molar-refractivity contribution in [1.82, 2.24) is 4.90 Å². The van der Waals surface area contributed by atoms with Crippen molar-refractivity contribution in [2.24, 2.45) is 5.73 Å². The highest BCUT2D eigenvalue weighted by atomic mass is 35.5. The molecule has 0 unspecified atom stereocenters. The van der Waals surface area contributed by atoms with E-state index in [4.69, 9.17) is 11.1 Å². The fraction of sp³-hybridized carbons (Fsp3) is 0.667. The monoisotopic (exact) mass is 195 g/mol. The fourth-order valence-corrected chi connectivity index (χ4v) is 0.485. The van der Waals surface area contributed by atoms with Crippen molar-refractivity contribution < 1.29 is 9.53 Å². The van der Waals surface area contributed by atoms with Crippen LogP contribution in [0.1, 0.15) is 6.92 Å².